The SMILES string of the molecule is C=CCn1c(C)nnc1SC(C)c1nc(C)no1. The van der Waals surface area contributed by atoms with Gasteiger partial charge in [-0.2, -0.15) is 4.98 Å². The molecule has 0 bridgehead atoms. The van der Waals surface area contributed by atoms with E-state index in [1.807, 2.05) is 24.5 Å². The van der Waals surface area contributed by atoms with Crippen LogP contribution in [0, 0.1) is 13.8 Å². The van der Waals surface area contributed by atoms with Crippen molar-refractivity contribution in [1.82, 2.24) is 24.9 Å². The van der Waals surface area contributed by atoms with E-state index in [1.165, 1.54) is 0 Å². The summed E-state index contributed by atoms with van der Waals surface area (Å²) < 4.78 is 7.14. The van der Waals surface area contributed by atoms with E-state index in [-0.39, 0.29) is 5.25 Å². The molecule has 0 amide bonds. The van der Waals surface area contributed by atoms with Crippen molar-refractivity contribution in [1.29, 1.82) is 0 Å². The Kier molecular flexibility index (Phi) is 3.81. The van der Waals surface area contributed by atoms with E-state index in [9.17, 15) is 0 Å². The summed E-state index contributed by atoms with van der Waals surface area (Å²) in [7, 11) is 0. The van der Waals surface area contributed by atoms with Gasteiger partial charge in [-0.15, -0.1) is 16.8 Å². The molecule has 96 valence electrons. The first-order chi connectivity index (χ1) is 8.61. The van der Waals surface area contributed by atoms with Crippen LogP contribution in [-0.2, 0) is 6.54 Å². The number of aryl methyl sites for hydroxylation is 2. The van der Waals surface area contributed by atoms with Gasteiger partial charge < -0.3 is 9.09 Å². The molecule has 1 unspecified atom stereocenters. The molecule has 0 radical (unpaired) electrons. The molecule has 0 saturated heterocycles. The maximum atomic E-state index is 5.15. The lowest BCUT2D eigenvalue weighted by Gasteiger charge is -2.07. The third kappa shape index (κ3) is 2.61. The van der Waals surface area contributed by atoms with Crippen molar-refractivity contribution in [2.24, 2.45) is 0 Å². The van der Waals surface area contributed by atoms with Gasteiger partial charge in [0.25, 0.3) is 0 Å². The quantitative estimate of drug-likeness (QED) is 0.610. The van der Waals surface area contributed by atoms with Crippen molar-refractivity contribution in [3.63, 3.8) is 0 Å². The summed E-state index contributed by atoms with van der Waals surface area (Å²) in [5.41, 5.74) is 0. The Labute approximate surface area is 109 Å². The summed E-state index contributed by atoms with van der Waals surface area (Å²) in [6, 6.07) is 0. The minimum Gasteiger partial charge on any atom is -0.338 e. The number of nitrogens with zero attached hydrogens (tertiary/aromatic N) is 5. The van der Waals surface area contributed by atoms with E-state index in [2.05, 4.69) is 26.9 Å². The summed E-state index contributed by atoms with van der Waals surface area (Å²) in [5, 5.41) is 12.9. The van der Waals surface area contributed by atoms with E-state index in [1.54, 1.807) is 18.7 Å². The third-order valence-electron chi connectivity index (χ3n) is 2.39. The van der Waals surface area contributed by atoms with Crippen molar-refractivity contribution in [2.45, 2.75) is 37.7 Å². The van der Waals surface area contributed by atoms with E-state index in [0.29, 0.717) is 18.3 Å². The predicted molar refractivity (Wildman–Crippen MR) is 68.3 cm³/mol. The van der Waals surface area contributed by atoms with Crippen molar-refractivity contribution in [3.8, 4) is 0 Å². The second kappa shape index (κ2) is 5.34. The molecule has 2 aromatic rings. The van der Waals surface area contributed by atoms with Gasteiger partial charge in [-0.05, 0) is 20.8 Å². The lowest BCUT2D eigenvalue weighted by molar-refractivity contribution is 0.376. The number of hydrogen-bond donors (Lipinski definition) is 0. The molecule has 0 spiro atoms. The van der Waals surface area contributed by atoms with Gasteiger partial charge >= 0.3 is 0 Å². The van der Waals surface area contributed by atoms with Crippen LogP contribution in [0.3, 0.4) is 0 Å². The average molecular weight is 265 g/mol. The first-order valence-electron chi connectivity index (χ1n) is 5.59. The van der Waals surface area contributed by atoms with Crippen molar-refractivity contribution in [3.05, 3.63) is 30.2 Å². The molecule has 0 aliphatic rings. The number of hydrogen-bond acceptors (Lipinski definition) is 6. The molecule has 2 heterocycles. The van der Waals surface area contributed by atoms with Crippen LogP contribution in [0.4, 0.5) is 0 Å². The molecule has 1 atom stereocenters. The van der Waals surface area contributed by atoms with Crippen LogP contribution >= 0.6 is 11.8 Å². The Morgan fingerprint density at radius 1 is 1.44 bits per heavy atom. The van der Waals surface area contributed by atoms with Crippen LogP contribution in [0.1, 0.15) is 29.7 Å². The minimum atomic E-state index is 0.0402. The van der Waals surface area contributed by atoms with E-state index < -0.39 is 0 Å². The molecular formula is C11H15N5OS. The molecule has 6 nitrogen and oxygen atoms in total. The fraction of sp³-hybridized carbons (Fsp3) is 0.455. The van der Waals surface area contributed by atoms with Crippen LogP contribution in [0.5, 0.6) is 0 Å². The molecule has 2 rings (SSSR count). The predicted octanol–water partition coefficient (Wildman–Crippen LogP) is 2.32. The van der Waals surface area contributed by atoms with Crippen LogP contribution in [0.25, 0.3) is 0 Å². The third-order valence-corrected chi connectivity index (χ3v) is 3.45. The van der Waals surface area contributed by atoms with Gasteiger partial charge in [-0.1, -0.05) is 23.0 Å². The Morgan fingerprint density at radius 2 is 2.22 bits per heavy atom. The molecule has 0 saturated carbocycles. The van der Waals surface area contributed by atoms with Gasteiger partial charge in [-0.3, -0.25) is 0 Å². The highest BCUT2D eigenvalue weighted by Crippen LogP contribution is 2.32. The summed E-state index contributed by atoms with van der Waals surface area (Å²) in [6.07, 6.45) is 1.82. The average Bonchev–Trinajstić information content (AvgIpc) is 2.90. The molecule has 0 aliphatic heterocycles. The summed E-state index contributed by atoms with van der Waals surface area (Å²) in [6.45, 7) is 10.1. The first kappa shape index (κ1) is 12.8. The van der Waals surface area contributed by atoms with Gasteiger partial charge in [0.2, 0.25) is 5.89 Å². The fourth-order valence-electron chi connectivity index (χ4n) is 1.47. The van der Waals surface area contributed by atoms with Crippen LogP contribution in [0.2, 0.25) is 0 Å². The Balaban J connectivity index is 2.16. The van der Waals surface area contributed by atoms with E-state index in [4.69, 9.17) is 4.52 Å². The molecule has 2 aromatic heterocycles. The molecule has 0 aromatic carbocycles. The van der Waals surface area contributed by atoms with Gasteiger partial charge in [0, 0.05) is 6.54 Å². The normalized spacial score (nSPS) is 12.6. The Bertz CT molecular complexity index is 547. The van der Waals surface area contributed by atoms with Crippen molar-refractivity contribution < 1.29 is 4.52 Å². The van der Waals surface area contributed by atoms with Crippen molar-refractivity contribution >= 4 is 11.8 Å². The standard InChI is InChI=1S/C11H15N5OS/c1-5-6-16-9(4)13-14-11(16)18-7(2)10-12-8(3)15-17-10/h5,7H,1,6H2,2-4H3. The summed E-state index contributed by atoms with van der Waals surface area (Å²) in [4.78, 5) is 4.21. The van der Waals surface area contributed by atoms with E-state index in [0.717, 1.165) is 11.0 Å². The summed E-state index contributed by atoms with van der Waals surface area (Å²) in [5.74, 6) is 2.11. The van der Waals surface area contributed by atoms with Crippen LogP contribution in [-0.4, -0.2) is 24.9 Å². The molecular weight excluding hydrogens is 250 g/mol. The second-order valence-electron chi connectivity index (χ2n) is 3.87. The smallest absolute Gasteiger partial charge is 0.239 e. The summed E-state index contributed by atoms with van der Waals surface area (Å²) >= 11 is 1.54. The highest BCUT2D eigenvalue weighted by molar-refractivity contribution is 7.99. The van der Waals surface area contributed by atoms with Gasteiger partial charge in [0.1, 0.15) is 5.82 Å². The second-order valence-corrected chi connectivity index (χ2v) is 5.18. The number of thioether (sulfide) groups is 1. The maximum Gasteiger partial charge on any atom is 0.239 e. The Morgan fingerprint density at radius 3 is 2.83 bits per heavy atom. The van der Waals surface area contributed by atoms with Gasteiger partial charge in [0.05, 0.1) is 5.25 Å². The molecule has 18 heavy (non-hydrogen) atoms. The van der Waals surface area contributed by atoms with Crippen LogP contribution < -0.4 is 0 Å². The van der Waals surface area contributed by atoms with Crippen molar-refractivity contribution in [2.75, 3.05) is 0 Å². The highest BCUT2D eigenvalue weighted by atomic mass is 32.2. The van der Waals surface area contributed by atoms with Gasteiger partial charge in [0.15, 0.2) is 11.0 Å². The fourth-order valence-corrected chi connectivity index (χ4v) is 2.41. The van der Waals surface area contributed by atoms with Gasteiger partial charge in [-0.25, -0.2) is 0 Å². The number of rotatable bonds is 5. The minimum absolute atomic E-state index is 0.0402. The van der Waals surface area contributed by atoms with E-state index >= 15 is 0 Å². The zero-order valence-electron chi connectivity index (χ0n) is 10.6. The topological polar surface area (TPSA) is 69.6 Å². The van der Waals surface area contributed by atoms with Crippen LogP contribution in [0.15, 0.2) is 22.3 Å². The number of allylic oxidation sites excluding steroid dienone is 1. The number of aromatic nitrogens is 5. The molecule has 7 heteroatoms. The maximum absolute atomic E-state index is 5.15. The monoisotopic (exact) mass is 265 g/mol. The Hall–Kier alpha value is -1.63. The lowest BCUT2D eigenvalue weighted by atomic mass is 10.5. The zero-order valence-corrected chi connectivity index (χ0v) is 11.4. The highest BCUT2D eigenvalue weighted by Gasteiger charge is 2.18. The lowest BCUT2D eigenvalue weighted by Crippen LogP contribution is -2.01. The zero-order chi connectivity index (χ0) is 13.1. The first-order valence-corrected chi connectivity index (χ1v) is 6.47. The molecule has 0 aliphatic carbocycles. The molecule has 0 N–H and O–H groups in total. The molecule has 0 fully saturated rings. The largest absolute Gasteiger partial charge is 0.338 e.